The van der Waals surface area contributed by atoms with Crippen LogP contribution < -0.4 is 5.32 Å². The molecule has 0 aromatic carbocycles. The Kier molecular flexibility index (Phi) is 3.14. The molecule has 0 bridgehead atoms. The quantitative estimate of drug-likeness (QED) is 0.871. The van der Waals surface area contributed by atoms with Crippen LogP contribution in [0, 0.1) is 5.92 Å². The third kappa shape index (κ3) is 2.30. The maximum absolute atomic E-state index is 5.42. The van der Waals surface area contributed by atoms with Crippen molar-refractivity contribution in [2.24, 2.45) is 5.92 Å². The Labute approximate surface area is 109 Å². The molecule has 3 rings (SSSR count). The van der Waals surface area contributed by atoms with Crippen molar-refractivity contribution < 1.29 is 4.52 Å². The van der Waals surface area contributed by atoms with E-state index < -0.39 is 0 Å². The highest BCUT2D eigenvalue weighted by Gasteiger charge is 2.43. The van der Waals surface area contributed by atoms with Crippen molar-refractivity contribution in [3.63, 3.8) is 0 Å². The summed E-state index contributed by atoms with van der Waals surface area (Å²) in [6, 6.07) is 0.493. The zero-order valence-corrected chi connectivity index (χ0v) is 11.4. The number of likely N-dealkylation sites (N-methyl/N-ethyl adjacent to an activating group) is 1. The van der Waals surface area contributed by atoms with Crippen LogP contribution in [0.2, 0.25) is 0 Å². The normalized spacial score (nSPS) is 24.3. The second-order valence-electron chi connectivity index (χ2n) is 6.22. The van der Waals surface area contributed by atoms with Crippen LogP contribution >= 0.6 is 0 Å². The van der Waals surface area contributed by atoms with Gasteiger partial charge in [0.25, 0.3) is 0 Å². The SMILES string of the molecule is CNC(Cc1nc(C2(C)CC2)no1)C1CCCC1. The molecule has 1 aromatic heterocycles. The first kappa shape index (κ1) is 12.2. The van der Waals surface area contributed by atoms with Crippen LogP contribution in [0.3, 0.4) is 0 Å². The van der Waals surface area contributed by atoms with Gasteiger partial charge in [-0.15, -0.1) is 0 Å². The molecule has 2 aliphatic carbocycles. The number of nitrogens with zero attached hydrogens (tertiary/aromatic N) is 2. The number of nitrogens with one attached hydrogen (secondary N) is 1. The topological polar surface area (TPSA) is 51.0 Å². The fraction of sp³-hybridized carbons (Fsp3) is 0.857. The Morgan fingerprint density at radius 1 is 1.39 bits per heavy atom. The molecular formula is C14H23N3O. The first-order valence-corrected chi connectivity index (χ1v) is 7.21. The number of aromatic nitrogens is 2. The summed E-state index contributed by atoms with van der Waals surface area (Å²) in [7, 11) is 2.04. The van der Waals surface area contributed by atoms with Gasteiger partial charge < -0.3 is 9.84 Å². The van der Waals surface area contributed by atoms with Crippen molar-refractivity contribution in [3.8, 4) is 0 Å². The minimum absolute atomic E-state index is 0.213. The van der Waals surface area contributed by atoms with Crippen LogP contribution in [0.4, 0.5) is 0 Å². The zero-order chi connectivity index (χ0) is 12.6. The molecule has 1 N–H and O–H groups in total. The van der Waals surface area contributed by atoms with Crippen molar-refractivity contribution in [1.29, 1.82) is 0 Å². The third-order valence-corrected chi connectivity index (χ3v) is 4.74. The van der Waals surface area contributed by atoms with E-state index in [1.807, 2.05) is 7.05 Å². The Morgan fingerprint density at radius 3 is 2.72 bits per heavy atom. The second kappa shape index (κ2) is 4.65. The highest BCUT2D eigenvalue weighted by molar-refractivity contribution is 5.14. The van der Waals surface area contributed by atoms with E-state index >= 15 is 0 Å². The molecule has 1 heterocycles. The lowest BCUT2D eigenvalue weighted by atomic mass is 9.95. The van der Waals surface area contributed by atoms with E-state index in [2.05, 4.69) is 22.4 Å². The number of hydrogen-bond acceptors (Lipinski definition) is 4. The fourth-order valence-corrected chi connectivity index (χ4v) is 3.05. The van der Waals surface area contributed by atoms with E-state index in [0.717, 1.165) is 24.1 Å². The van der Waals surface area contributed by atoms with Crippen LogP contribution in [0.1, 0.15) is 57.2 Å². The maximum atomic E-state index is 5.42. The number of hydrogen-bond donors (Lipinski definition) is 1. The molecule has 1 aromatic rings. The monoisotopic (exact) mass is 249 g/mol. The summed E-state index contributed by atoms with van der Waals surface area (Å²) >= 11 is 0. The molecule has 1 atom stereocenters. The van der Waals surface area contributed by atoms with Crippen LogP contribution in [-0.4, -0.2) is 23.2 Å². The van der Waals surface area contributed by atoms with Gasteiger partial charge >= 0.3 is 0 Å². The van der Waals surface area contributed by atoms with Gasteiger partial charge in [0.2, 0.25) is 5.89 Å². The lowest BCUT2D eigenvalue weighted by Gasteiger charge is -2.20. The highest BCUT2D eigenvalue weighted by atomic mass is 16.5. The van der Waals surface area contributed by atoms with Gasteiger partial charge in [0.05, 0.1) is 0 Å². The van der Waals surface area contributed by atoms with Gasteiger partial charge in [-0.25, -0.2) is 0 Å². The van der Waals surface area contributed by atoms with Crippen molar-refractivity contribution in [2.75, 3.05) is 7.05 Å². The van der Waals surface area contributed by atoms with E-state index in [0.29, 0.717) is 6.04 Å². The average Bonchev–Trinajstić information content (AvgIpc) is 2.87. The van der Waals surface area contributed by atoms with Gasteiger partial charge in [0, 0.05) is 17.9 Å². The molecule has 0 saturated heterocycles. The van der Waals surface area contributed by atoms with Gasteiger partial charge in [-0.1, -0.05) is 24.9 Å². The molecule has 100 valence electrons. The summed E-state index contributed by atoms with van der Waals surface area (Å²) in [4.78, 5) is 4.59. The molecule has 0 radical (unpaired) electrons. The minimum atomic E-state index is 0.213. The summed E-state index contributed by atoms with van der Waals surface area (Å²) in [5.74, 6) is 2.50. The lowest BCUT2D eigenvalue weighted by molar-refractivity contribution is 0.316. The van der Waals surface area contributed by atoms with Crippen LogP contribution in [-0.2, 0) is 11.8 Å². The Balaban J connectivity index is 1.65. The Morgan fingerprint density at radius 2 is 2.11 bits per heavy atom. The van der Waals surface area contributed by atoms with Gasteiger partial charge in [0.15, 0.2) is 5.82 Å². The predicted octanol–water partition coefficient (Wildman–Crippen LogP) is 2.44. The molecule has 1 unspecified atom stereocenters. The standard InChI is InChI=1S/C14H23N3O/c1-14(7-8-14)13-16-12(18-17-13)9-11(15-2)10-5-3-4-6-10/h10-11,15H,3-9H2,1-2H3. The third-order valence-electron chi connectivity index (χ3n) is 4.74. The smallest absolute Gasteiger partial charge is 0.228 e. The fourth-order valence-electron chi connectivity index (χ4n) is 3.05. The van der Waals surface area contributed by atoms with Crippen LogP contribution in [0.25, 0.3) is 0 Å². The van der Waals surface area contributed by atoms with Crippen LogP contribution in [0.5, 0.6) is 0 Å². The molecule has 4 nitrogen and oxygen atoms in total. The second-order valence-corrected chi connectivity index (χ2v) is 6.22. The van der Waals surface area contributed by atoms with Gasteiger partial charge in [-0.3, -0.25) is 0 Å². The molecule has 4 heteroatoms. The molecule has 0 spiro atoms. The summed E-state index contributed by atoms with van der Waals surface area (Å²) in [5.41, 5.74) is 0.213. The van der Waals surface area contributed by atoms with E-state index in [4.69, 9.17) is 4.52 Å². The largest absolute Gasteiger partial charge is 0.339 e. The van der Waals surface area contributed by atoms with Crippen LogP contribution in [0.15, 0.2) is 4.52 Å². The van der Waals surface area contributed by atoms with Crippen molar-refractivity contribution in [2.45, 2.75) is 63.3 Å². The van der Waals surface area contributed by atoms with Gasteiger partial charge in [0.1, 0.15) is 0 Å². The van der Waals surface area contributed by atoms with Crippen molar-refractivity contribution in [3.05, 3.63) is 11.7 Å². The molecule has 18 heavy (non-hydrogen) atoms. The summed E-state index contributed by atoms with van der Waals surface area (Å²) in [6.07, 6.45) is 8.69. The molecule has 2 aliphatic rings. The highest BCUT2D eigenvalue weighted by Crippen LogP contribution is 2.46. The van der Waals surface area contributed by atoms with Gasteiger partial charge in [-0.2, -0.15) is 4.98 Å². The lowest BCUT2D eigenvalue weighted by Crippen LogP contribution is -2.34. The van der Waals surface area contributed by atoms with Crippen molar-refractivity contribution >= 4 is 0 Å². The first-order chi connectivity index (χ1) is 8.71. The summed E-state index contributed by atoms with van der Waals surface area (Å²) < 4.78 is 5.42. The molecule has 2 saturated carbocycles. The minimum Gasteiger partial charge on any atom is -0.339 e. The molecular weight excluding hydrogens is 226 g/mol. The van der Waals surface area contributed by atoms with Crippen molar-refractivity contribution in [1.82, 2.24) is 15.5 Å². The van der Waals surface area contributed by atoms with E-state index in [1.54, 1.807) is 0 Å². The predicted molar refractivity (Wildman–Crippen MR) is 69.4 cm³/mol. The van der Waals surface area contributed by atoms with E-state index in [1.165, 1.54) is 38.5 Å². The Bertz CT molecular complexity index is 405. The zero-order valence-electron chi connectivity index (χ0n) is 11.4. The molecule has 0 amide bonds. The summed E-state index contributed by atoms with van der Waals surface area (Å²) in [5, 5.41) is 7.58. The molecule has 2 fully saturated rings. The van der Waals surface area contributed by atoms with E-state index in [9.17, 15) is 0 Å². The molecule has 0 aliphatic heterocycles. The maximum Gasteiger partial charge on any atom is 0.228 e. The Hall–Kier alpha value is -0.900. The van der Waals surface area contributed by atoms with E-state index in [-0.39, 0.29) is 5.41 Å². The van der Waals surface area contributed by atoms with Gasteiger partial charge in [-0.05, 0) is 38.6 Å². The average molecular weight is 249 g/mol. The first-order valence-electron chi connectivity index (χ1n) is 7.21. The summed E-state index contributed by atoms with van der Waals surface area (Å²) in [6.45, 7) is 2.22. The number of rotatable bonds is 5.